The number of methoxy groups -OCH3 is 2. The highest BCUT2D eigenvalue weighted by atomic mass is 16.6. The lowest BCUT2D eigenvalue weighted by atomic mass is 9.88. The number of aromatic nitrogens is 4. The number of likely N-dealkylation sites (tertiary alicyclic amines) is 3. The van der Waals surface area contributed by atoms with Gasteiger partial charge in [0.05, 0.1) is 49.6 Å². The van der Waals surface area contributed by atoms with Gasteiger partial charge in [-0.05, 0) is 123 Å². The summed E-state index contributed by atoms with van der Waals surface area (Å²) in [6.07, 6.45) is 5.86. The summed E-state index contributed by atoms with van der Waals surface area (Å²) in [7, 11) is 2.58. The molecule has 3 saturated heterocycles. The Morgan fingerprint density at radius 3 is 2.01 bits per heavy atom. The Morgan fingerprint density at radius 1 is 0.685 bits per heavy atom. The Bertz CT molecular complexity index is 3040. The molecule has 2 aromatic heterocycles. The predicted molar refractivity (Wildman–Crippen MR) is 274 cm³/mol. The molecule has 5 amide bonds. The maximum atomic E-state index is 14.5. The van der Waals surface area contributed by atoms with Gasteiger partial charge in [0.25, 0.3) is 5.91 Å². The maximum Gasteiger partial charge on any atom is 0.410 e. The molecule has 73 heavy (non-hydrogen) atoms. The number of piperidine rings is 1. The first-order valence-electron chi connectivity index (χ1n) is 25.4. The summed E-state index contributed by atoms with van der Waals surface area (Å²) in [6, 6.07) is 26.4. The van der Waals surface area contributed by atoms with Crippen LogP contribution in [0.2, 0.25) is 0 Å². The van der Waals surface area contributed by atoms with Crippen LogP contribution in [-0.2, 0) is 36.6 Å². The predicted octanol–water partition coefficient (Wildman–Crippen LogP) is 9.18. The zero-order chi connectivity index (χ0) is 51.0. The molecule has 4 aliphatic rings. The van der Waals surface area contributed by atoms with Crippen LogP contribution in [0.25, 0.3) is 44.4 Å². The lowest BCUT2D eigenvalue weighted by molar-refractivity contribution is -0.136. The fourth-order valence-electron chi connectivity index (χ4n) is 11.1. The van der Waals surface area contributed by atoms with Crippen molar-refractivity contribution in [3.8, 4) is 33.6 Å². The van der Waals surface area contributed by atoms with E-state index in [1.165, 1.54) is 19.8 Å². The molecule has 6 aromatic rings. The molecule has 3 fully saturated rings. The van der Waals surface area contributed by atoms with Gasteiger partial charge in [0.15, 0.2) is 0 Å². The quantitative estimate of drug-likeness (QED) is 0.0958. The fraction of sp³-hybridized carbons (Fsp3) is 0.411. The number of carbonyl (C=O) groups excluding carboxylic acids is 5. The minimum atomic E-state index is -0.891. The Kier molecular flexibility index (Phi) is 13.7. The van der Waals surface area contributed by atoms with Gasteiger partial charge in [-0.3, -0.25) is 9.59 Å². The molecule has 0 spiro atoms. The number of rotatable bonds is 10. The molecule has 10 rings (SSSR count). The first-order chi connectivity index (χ1) is 35.2. The summed E-state index contributed by atoms with van der Waals surface area (Å²) in [5.41, 5.74) is 8.41. The number of hydrogen-bond donors (Lipinski definition) is 4. The van der Waals surface area contributed by atoms with Gasteiger partial charge in [-0.25, -0.2) is 24.4 Å². The highest BCUT2D eigenvalue weighted by Gasteiger charge is 2.42. The molecule has 4 aromatic carbocycles. The van der Waals surface area contributed by atoms with Crippen molar-refractivity contribution in [3.63, 3.8) is 0 Å². The van der Waals surface area contributed by atoms with Crippen LogP contribution in [0, 0.1) is 5.92 Å². The summed E-state index contributed by atoms with van der Waals surface area (Å²) in [6.45, 7) is 7.44. The second kappa shape index (κ2) is 20.4. The van der Waals surface area contributed by atoms with Gasteiger partial charge >= 0.3 is 18.3 Å². The van der Waals surface area contributed by atoms with Crippen LogP contribution in [0.5, 0.6) is 0 Å². The van der Waals surface area contributed by atoms with E-state index in [0.717, 1.165) is 94.5 Å². The minimum absolute atomic E-state index is 0.170. The second-order valence-electron chi connectivity index (χ2n) is 20.6. The zero-order valence-corrected chi connectivity index (χ0v) is 42.0. The van der Waals surface area contributed by atoms with Crippen molar-refractivity contribution in [2.45, 2.75) is 102 Å². The van der Waals surface area contributed by atoms with Gasteiger partial charge in [0.1, 0.15) is 29.3 Å². The smallest absolute Gasteiger partial charge is 0.410 e. The van der Waals surface area contributed by atoms with Crippen LogP contribution >= 0.6 is 0 Å². The first-order valence-corrected chi connectivity index (χ1v) is 25.4. The number of aromatic amines is 2. The van der Waals surface area contributed by atoms with Crippen LogP contribution in [0.4, 0.5) is 14.4 Å². The number of ether oxygens (including phenoxy) is 3. The SMILES string of the molecule is COC(=O)NC(C(=O)N1CCCC1c1ncc(-c2ccc3cc(-c4ccc5c(c4)CCc4nc(C6CCCN6C(=O)C(NC(=O)OC)C6CCN(C(=O)OC(C)(C)C)CC6)[nH]c4-5)ccc3c2)[nH]1)c1ccccc1. The fourth-order valence-corrected chi connectivity index (χ4v) is 11.1. The number of hydrogen-bond acceptors (Lipinski definition) is 10. The molecule has 17 nitrogen and oxygen atoms in total. The Labute approximate surface area is 424 Å². The molecule has 0 radical (unpaired) electrons. The number of nitrogens with one attached hydrogen (secondary N) is 4. The number of benzene rings is 4. The van der Waals surface area contributed by atoms with Crippen molar-refractivity contribution in [2.24, 2.45) is 5.92 Å². The van der Waals surface area contributed by atoms with Crippen LogP contribution < -0.4 is 10.6 Å². The van der Waals surface area contributed by atoms with Crippen molar-refractivity contribution in [1.29, 1.82) is 0 Å². The standard InChI is InChI=1S/C56H63N9O8/c1-56(2,3)73-55(70)63-27-23-34(24-28-63)47(62-54(69)72-5)52(67)65-26-10-14-45(65)50-58-42-22-20-39-30-38(19-21-41(39)48(42)60-50)35-15-16-37-31-40(18-17-36(37)29-35)43-32-57-49(59-43)44-13-9-25-64(44)51(66)46(61-53(68)71-4)33-11-7-6-8-12-33/h6-8,11-12,15-19,21,29-32,34,44-47H,9-10,13-14,20,22-28H2,1-5H3,(H,57,59)(H,58,60)(H,61,68)(H,62,69). The summed E-state index contributed by atoms with van der Waals surface area (Å²) in [5, 5.41) is 7.76. The molecular weight excluding hydrogens is 927 g/mol. The molecule has 17 heteroatoms. The number of alkyl carbamates (subject to hydrolysis) is 2. The van der Waals surface area contributed by atoms with Crippen molar-refractivity contribution in [1.82, 2.24) is 45.3 Å². The molecule has 0 bridgehead atoms. The van der Waals surface area contributed by atoms with E-state index in [-0.39, 0.29) is 35.9 Å². The molecule has 0 saturated carbocycles. The van der Waals surface area contributed by atoms with Crippen LogP contribution in [-0.4, -0.2) is 117 Å². The van der Waals surface area contributed by atoms with E-state index in [0.29, 0.717) is 50.4 Å². The van der Waals surface area contributed by atoms with Crippen molar-refractivity contribution >= 4 is 40.9 Å². The van der Waals surface area contributed by atoms with Gasteiger partial charge in [0.2, 0.25) is 5.91 Å². The molecule has 3 aliphatic heterocycles. The zero-order valence-electron chi connectivity index (χ0n) is 42.0. The highest BCUT2D eigenvalue weighted by Crippen LogP contribution is 2.40. The topological polar surface area (TPSA) is 204 Å². The monoisotopic (exact) mass is 989 g/mol. The average molecular weight is 990 g/mol. The third-order valence-electron chi connectivity index (χ3n) is 14.8. The molecule has 4 unspecified atom stereocenters. The van der Waals surface area contributed by atoms with Gasteiger partial charge < -0.3 is 49.5 Å². The molecular formula is C56H63N9O8. The van der Waals surface area contributed by atoms with Gasteiger partial charge in [-0.1, -0.05) is 72.8 Å². The lowest BCUT2D eigenvalue weighted by Gasteiger charge is -2.38. The van der Waals surface area contributed by atoms with Gasteiger partial charge in [0, 0.05) is 37.3 Å². The lowest BCUT2D eigenvalue weighted by Crippen LogP contribution is -2.55. The van der Waals surface area contributed by atoms with E-state index < -0.39 is 29.9 Å². The molecule has 1 aliphatic carbocycles. The van der Waals surface area contributed by atoms with Crippen LogP contribution in [0.15, 0.2) is 91.1 Å². The Balaban J connectivity index is 0.820. The van der Waals surface area contributed by atoms with Gasteiger partial charge in [-0.15, -0.1) is 0 Å². The third kappa shape index (κ3) is 10.2. The molecule has 5 heterocycles. The van der Waals surface area contributed by atoms with E-state index in [9.17, 15) is 24.0 Å². The molecule has 380 valence electrons. The Hall–Kier alpha value is -7.69. The van der Waals surface area contributed by atoms with Crippen molar-refractivity contribution in [3.05, 3.63) is 120 Å². The van der Waals surface area contributed by atoms with E-state index in [1.807, 2.05) is 62.2 Å². The summed E-state index contributed by atoms with van der Waals surface area (Å²) >= 11 is 0. The maximum absolute atomic E-state index is 14.5. The van der Waals surface area contributed by atoms with Crippen molar-refractivity contribution in [2.75, 3.05) is 40.4 Å². The normalized spacial score (nSPS) is 18.7. The van der Waals surface area contributed by atoms with E-state index in [4.69, 9.17) is 24.2 Å². The second-order valence-corrected chi connectivity index (χ2v) is 20.6. The largest absolute Gasteiger partial charge is 0.453 e. The summed E-state index contributed by atoms with van der Waals surface area (Å²) < 4.78 is 15.4. The van der Waals surface area contributed by atoms with Crippen LogP contribution in [0.3, 0.4) is 0 Å². The summed E-state index contributed by atoms with van der Waals surface area (Å²) in [4.78, 5) is 88.7. The third-order valence-corrected chi connectivity index (χ3v) is 14.8. The molecule has 4 atom stereocenters. The Morgan fingerprint density at radius 2 is 1.32 bits per heavy atom. The molecule has 4 N–H and O–H groups in total. The number of H-pyrrole nitrogens is 2. The minimum Gasteiger partial charge on any atom is -0.453 e. The first kappa shape index (κ1) is 48.9. The van der Waals surface area contributed by atoms with Gasteiger partial charge in [-0.2, -0.15) is 0 Å². The number of nitrogens with zero attached hydrogens (tertiary/aromatic N) is 5. The number of aryl methyl sites for hydroxylation is 2. The number of imidazole rings is 2. The number of carbonyl (C=O) groups is 5. The number of fused-ring (bicyclic) bond motifs is 4. The average Bonchev–Trinajstić information content (AvgIpc) is 4.26. The van der Waals surface area contributed by atoms with E-state index in [2.05, 4.69) is 75.2 Å². The number of amides is 5. The van der Waals surface area contributed by atoms with E-state index in [1.54, 1.807) is 9.80 Å². The van der Waals surface area contributed by atoms with E-state index >= 15 is 0 Å². The van der Waals surface area contributed by atoms with Crippen LogP contribution in [0.1, 0.15) is 106 Å². The van der Waals surface area contributed by atoms with Crippen molar-refractivity contribution < 1.29 is 38.2 Å². The summed E-state index contributed by atoms with van der Waals surface area (Å²) in [5.74, 6) is 0.878. The highest BCUT2D eigenvalue weighted by molar-refractivity contribution is 5.91.